The molecule has 11 heteroatoms. The summed E-state index contributed by atoms with van der Waals surface area (Å²) < 4.78 is 13.0. The molecule has 0 fully saturated rings. The quantitative estimate of drug-likeness (QED) is 0.205. The molecule has 1 heterocycles. The highest BCUT2D eigenvalue weighted by Crippen LogP contribution is 2.26. The third kappa shape index (κ3) is 6.61. The first kappa shape index (κ1) is 23.9. The normalized spacial score (nSPS) is 11.2. The smallest absolute Gasteiger partial charge is 0.299 e. The average Bonchev–Trinajstić information content (AvgIpc) is 3.11. The van der Waals surface area contributed by atoms with E-state index < -0.39 is 18.9 Å². The van der Waals surface area contributed by atoms with E-state index in [9.17, 15) is 14.9 Å². The first-order valence-corrected chi connectivity index (χ1v) is 14.0. The molecule has 0 atom stereocenters. The molecule has 33 heavy (non-hydrogen) atoms. The lowest BCUT2D eigenvalue weighted by Gasteiger charge is -2.16. The number of benzene rings is 2. The molecule has 0 saturated heterocycles. The van der Waals surface area contributed by atoms with Gasteiger partial charge in [-0.3, -0.25) is 19.5 Å². The van der Waals surface area contributed by atoms with E-state index in [-0.39, 0.29) is 25.0 Å². The Bertz CT molecular complexity index is 1190. The number of aromatic nitrogens is 2. The lowest BCUT2D eigenvalue weighted by molar-refractivity contribution is -0.384. The molecule has 1 aromatic heterocycles. The maximum Gasteiger partial charge on any atom is 0.299 e. The number of fused-ring (bicyclic) bond motifs is 1. The molecule has 2 aromatic carbocycles. The van der Waals surface area contributed by atoms with Gasteiger partial charge >= 0.3 is 0 Å². The van der Waals surface area contributed by atoms with Crippen molar-refractivity contribution < 1.29 is 19.2 Å². The monoisotopic (exact) mass is 467 g/mol. The first-order valence-electron chi connectivity index (χ1n) is 10.3. The maximum absolute atomic E-state index is 12.3. The van der Waals surface area contributed by atoms with Crippen LogP contribution in [0.2, 0.25) is 25.7 Å². The van der Waals surface area contributed by atoms with Crippen LogP contribution >= 0.6 is 0 Å². The molecule has 0 aliphatic carbocycles. The Morgan fingerprint density at radius 1 is 1.24 bits per heavy atom. The van der Waals surface area contributed by atoms with Crippen LogP contribution in [-0.2, 0) is 16.3 Å². The van der Waals surface area contributed by atoms with Gasteiger partial charge in [0.05, 0.1) is 27.6 Å². The van der Waals surface area contributed by atoms with Gasteiger partial charge in [-0.05, 0) is 36.4 Å². The Morgan fingerprint density at radius 3 is 2.61 bits per heavy atom. The van der Waals surface area contributed by atoms with Crippen LogP contribution in [0.3, 0.4) is 0 Å². The molecule has 0 unspecified atom stereocenters. The molecule has 172 valence electrons. The summed E-state index contributed by atoms with van der Waals surface area (Å²) in [4.78, 5) is 27.4. The van der Waals surface area contributed by atoms with Gasteiger partial charge < -0.3 is 14.8 Å². The zero-order chi connectivity index (χ0) is 24.0. The number of nitro benzene ring substituents is 1. The number of nitriles is 1. The van der Waals surface area contributed by atoms with Crippen molar-refractivity contribution in [2.75, 3.05) is 18.5 Å². The molecule has 10 nitrogen and oxygen atoms in total. The Labute approximate surface area is 191 Å². The molecule has 0 bridgehead atoms. The van der Waals surface area contributed by atoms with E-state index in [1.165, 1.54) is 18.2 Å². The van der Waals surface area contributed by atoms with Crippen molar-refractivity contribution in [3.8, 4) is 12.1 Å². The second-order valence-corrected chi connectivity index (χ2v) is 14.2. The number of non-ortho nitro benzene ring substituents is 1. The van der Waals surface area contributed by atoms with Crippen LogP contribution in [0.1, 0.15) is 5.56 Å². The summed E-state index contributed by atoms with van der Waals surface area (Å²) in [5.74, 6) is -0.413. The van der Waals surface area contributed by atoms with Gasteiger partial charge in [0.2, 0.25) is 0 Å². The zero-order valence-electron chi connectivity index (χ0n) is 18.7. The van der Waals surface area contributed by atoms with Gasteiger partial charge in [-0.1, -0.05) is 19.6 Å². The van der Waals surface area contributed by atoms with Crippen molar-refractivity contribution in [3.63, 3.8) is 0 Å². The predicted molar refractivity (Wildman–Crippen MR) is 126 cm³/mol. The first-order chi connectivity index (χ1) is 15.7. The molecule has 3 rings (SSSR count). The van der Waals surface area contributed by atoms with Crippen LogP contribution in [0.5, 0.6) is 6.01 Å². The van der Waals surface area contributed by atoms with Gasteiger partial charge in [0.15, 0.2) is 6.61 Å². The van der Waals surface area contributed by atoms with Crippen LogP contribution in [0, 0.1) is 21.4 Å². The number of nitrogens with one attached hydrogen (secondary N) is 1. The number of amides is 1. The standard InChI is InChI=1S/C22H25N5O5Si/c1-33(2,3)11-10-31-15-26-20-12-18(27(29)30)8-9-19(20)25-22(26)32-14-21(28)24-17-6-4-16(13-23)5-7-17/h4-9,12H,10-11,14-15H2,1-3H3,(H,24,28). The summed E-state index contributed by atoms with van der Waals surface area (Å²) in [6.07, 6.45) is 0. The number of ether oxygens (including phenoxy) is 2. The number of anilines is 1. The van der Waals surface area contributed by atoms with E-state index >= 15 is 0 Å². The van der Waals surface area contributed by atoms with Crippen molar-refractivity contribution in [1.29, 1.82) is 5.26 Å². The van der Waals surface area contributed by atoms with Crippen molar-refractivity contribution in [2.24, 2.45) is 0 Å². The van der Waals surface area contributed by atoms with Crippen LogP contribution < -0.4 is 10.1 Å². The third-order valence-corrected chi connectivity index (χ3v) is 6.46. The molecule has 0 radical (unpaired) electrons. The van der Waals surface area contributed by atoms with E-state index in [0.29, 0.717) is 28.9 Å². The SMILES string of the molecule is C[Si](C)(C)CCOCn1c(OCC(=O)Nc2ccc(C#N)cc2)nc2ccc([N+](=O)[O-])cc21. The fraction of sp³-hybridized carbons (Fsp3) is 0.318. The molecule has 0 spiro atoms. The van der Waals surface area contributed by atoms with Gasteiger partial charge in [-0.25, -0.2) is 0 Å². The number of carbonyl (C=O) groups is 1. The highest BCUT2D eigenvalue weighted by molar-refractivity contribution is 6.76. The van der Waals surface area contributed by atoms with E-state index in [4.69, 9.17) is 14.7 Å². The number of nitrogens with zero attached hydrogens (tertiary/aromatic N) is 4. The van der Waals surface area contributed by atoms with E-state index in [0.717, 1.165) is 6.04 Å². The Kier molecular flexibility index (Phi) is 7.42. The van der Waals surface area contributed by atoms with E-state index in [1.54, 1.807) is 28.8 Å². The molecular formula is C22H25N5O5Si. The molecular weight excluding hydrogens is 442 g/mol. The molecule has 0 saturated carbocycles. The van der Waals surface area contributed by atoms with Crippen LogP contribution in [-0.4, -0.2) is 41.7 Å². The number of nitro groups is 1. The number of hydrogen-bond donors (Lipinski definition) is 1. The van der Waals surface area contributed by atoms with Gasteiger partial charge in [0.1, 0.15) is 6.73 Å². The molecule has 3 aromatic rings. The maximum atomic E-state index is 12.3. The summed E-state index contributed by atoms with van der Waals surface area (Å²) in [5, 5.41) is 22.8. The fourth-order valence-electron chi connectivity index (χ4n) is 2.93. The second kappa shape index (κ2) is 10.2. The average molecular weight is 468 g/mol. The summed E-state index contributed by atoms with van der Waals surface area (Å²) in [6, 6.07) is 13.9. The highest BCUT2D eigenvalue weighted by Gasteiger charge is 2.18. The fourth-order valence-corrected chi connectivity index (χ4v) is 3.68. The Morgan fingerprint density at radius 2 is 1.97 bits per heavy atom. The number of carbonyl (C=O) groups excluding carboxylic acids is 1. The predicted octanol–water partition coefficient (Wildman–Crippen LogP) is 4.15. The van der Waals surface area contributed by atoms with Crippen LogP contribution in [0.4, 0.5) is 11.4 Å². The van der Waals surface area contributed by atoms with Gasteiger partial charge in [0, 0.05) is 32.5 Å². The zero-order valence-corrected chi connectivity index (χ0v) is 19.7. The topological polar surface area (TPSA) is 132 Å². The Balaban J connectivity index is 1.74. The summed E-state index contributed by atoms with van der Waals surface area (Å²) >= 11 is 0. The lowest BCUT2D eigenvalue weighted by Crippen LogP contribution is -2.23. The minimum atomic E-state index is -1.28. The highest BCUT2D eigenvalue weighted by atomic mass is 28.3. The number of imidazole rings is 1. The van der Waals surface area contributed by atoms with Crippen molar-refractivity contribution in [1.82, 2.24) is 9.55 Å². The Hall–Kier alpha value is -3.75. The van der Waals surface area contributed by atoms with E-state index in [1.807, 2.05) is 6.07 Å². The minimum absolute atomic E-state index is 0.0733. The number of hydrogen-bond acceptors (Lipinski definition) is 7. The number of rotatable bonds is 10. The summed E-state index contributed by atoms with van der Waals surface area (Å²) in [6.45, 7) is 7.05. The van der Waals surface area contributed by atoms with Crippen LogP contribution in [0.25, 0.3) is 11.0 Å². The van der Waals surface area contributed by atoms with Gasteiger partial charge in [0.25, 0.3) is 17.6 Å². The molecule has 0 aliphatic rings. The summed E-state index contributed by atoms with van der Waals surface area (Å²) in [5.41, 5.74) is 1.93. The van der Waals surface area contributed by atoms with Gasteiger partial charge in [-0.15, -0.1) is 0 Å². The van der Waals surface area contributed by atoms with E-state index in [2.05, 4.69) is 29.9 Å². The second-order valence-electron chi connectivity index (χ2n) is 8.63. The molecule has 1 N–H and O–H groups in total. The molecule has 1 amide bonds. The van der Waals surface area contributed by atoms with Crippen molar-refractivity contribution >= 4 is 36.4 Å². The van der Waals surface area contributed by atoms with Crippen molar-refractivity contribution in [2.45, 2.75) is 32.4 Å². The van der Waals surface area contributed by atoms with Gasteiger partial charge in [-0.2, -0.15) is 10.2 Å². The lowest BCUT2D eigenvalue weighted by atomic mass is 10.2. The minimum Gasteiger partial charge on any atom is -0.454 e. The summed E-state index contributed by atoms with van der Waals surface area (Å²) in [7, 11) is -1.28. The van der Waals surface area contributed by atoms with Crippen molar-refractivity contribution in [3.05, 3.63) is 58.1 Å². The molecule has 0 aliphatic heterocycles. The van der Waals surface area contributed by atoms with Crippen LogP contribution in [0.15, 0.2) is 42.5 Å². The largest absolute Gasteiger partial charge is 0.454 e. The third-order valence-electron chi connectivity index (χ3n) is 4.75.